The second-order valence-electron chi connectivity index (χ2n) is 4.98. The number of benzene rings is 1. The van der Waals surface area contributed by atoms with Crippen molar-refractivity contribution in [2.45, 2.75) is 32.7 Å². The number of unbranched alkanes of at least 4 members (excludes halogenated alkanes) is 1. The van der Waals surface area contributed by atoms with Crippen molar-refractivity contribution < 1.29 is 4.79 Å². The first-order valence-electron chi connectivity index (χ1n) is 6.79. The summed E-state index contributed by atoms with van der Waals surface area (Å²) in [4.78, 5) is 13.2. The molecule has 3 heteroatoms. The first kappa shape index (κ1) is 13.1. The standard InChI is InChI=1S/C15H22N2O/c1-13(18)16-9-4-5-10-17-11-8-14-6-2-3-7-15(14)12-17/h2-3,6-7H,4-5,8-12H2,1H3,(H,16,18). The molecule has 1 aromatic rings. The molecule has 3 nitrogen and oxygen atoms in total. The van der Waals surface area contributed by atoms with Gasteiger partial charge in [0.15, 0.2) is 0 Å². The van der Waals surface area contributed by atoms with Crippen LogP contribution in [0.5, 0.6) is 0 Å². The van der Waals surface area contributed by atoms with Crippen molar-refractivity contribution in [3.05, 3.63) is 35.4 Å². The van der Waals surface area contributed by atoms with Crippen LogP contribution in [0.15, 0.2) is 24.3 Å². The van der Waals surface area contributed by atoms with Gasteiger partial charge in [-0.25, -0.2) is 0 Å². The van der Waals surface area contributed by atoms with Crippen molar-refractivity contribution in [2.75, 3.05) is 19.6 Å². The number of hydrogen-bond donors (Lipinski definition) is 1. The fraction of sp³-hybridized carbons (Fsp3) is 0.533. The summed E-state index contributed by atoms with van der Waals surface area (Å²) in [6.07, 6.45) is 3.39. The molecular formula is C15H22N2O. The summed E-state index contributed by atoms with van der Waals surface area (Å²) in [5.41, 5.74) is 2.98. The second kappa shape index (κ2) is 6.55. The van der Waals surface area contributed by atoms with E-state index in [1.807, 2.05) is 0 Å². The Labute approximate surface area is 109 Å². The van der Waals surface area contributed by atoms with E-state index in [1.54, 1.807) is 6.92 Å². The van der Waals surface area contributed by atoms with Crippen LogP contribution in [0.25, 0.3) is 0 Å². The third kappa shape index (κ3) is 3.84. The van der Waals surface area contributed by atoms with E-state index >= 15 is 0 Å². The first-order valence-corrected chi connectivity index (χ1v) is 6.79. The molecule has 1 aliphatic rings. The van der Waals surface area contributed by atoms with Crippen molar-refractivity contribution in [1.82, 2.24) is 10.2 Å². The van der Waals surface area contributed by atoms with Gasteiger partial charge in [0, 0.05) is 26.6 Å². The number of fused-ring (bicyclic) bond motifs is 1. The zero-order valence-electron chi connectivity index (χ0n) is 11.1. The van der Waals surface area contributed by atoms with Crippen molar-refractivity contribution in [1.29, 1.82) is 0 Å². The van der Waals surface area contributed by atoms with Crippen LogP contribution in [-0.4, -0.2) is 30.4 Å². The van der Waals surface area contributed by atoms with E-state index in [0.29, 0.717) is 0 Å². The van der Waals surface area contributed by atoms with E-state index in [4.69, 9.17) is 0 Å². The number of carbonyl (C=O) groups is 1. The Hall–Kier alpha value is -1.35. The summed E-state index contributed by atoms with van der Waals surface area (Å²) < 4.78 is 0. The van der Waals surface area contributed by atoms with E-state index in [-0.39, 0.29) is 5.91 Å². The number of carbonyl (C=O) groups excluding carboxylic acids is 1. The van der Waals surface area contributed by atoms with Crippen LogP contribution in [0, 0.1) is 0 Å². The monoisotopic (exact) mass is 246 g/mol. The van der Waals surface area contributed by atoms with Crippen LogP contribution in [0.4, 0.5) is 0 Å². The van der Waals surface area contributed by atoms with Gasteiger partial charge in [-0.05, 0) is 36.9 Å². The maximum Gasteiger partial charge on any atom is 0.216 e. The highest BCUT2D eigenvalue weighted by atomic mass is 16.1. The lowest BCUT2D eigenvalue weighted by Crippen LogP contribution is -2.31. The molecule has 0 saturated carbocycles. The molecule has 0 saturated heterocycles. The molecule has 0 radical (unpaired) electrons. The highest BCUT2D eigenvalue weighted by Crippen LogP contribution is 2.18. The lowest BCUT2D eigenvalue weighted by Gasteiger charge is -2.28. The van der Waals surface area contributed by atoms with Crippen LogP contribution in [0.3, 0.4) is 0 Å². The lowest BCUT2D eigenvalue weighted by molar-refractivity contribution is -0.118. The molecule has 1 aromatic carbocycles. The Bertz CT molecular complexity index is 403. The Morgan fingerprint density at radius 3 is 2.83 bits per heavy atom. The molecule has 0 unspecified atom stereocenters. The van der Waals surface area contributed by atoms with Crippen LogP contribution in [0.2, 0.25) is 0 Å². The molecule has 98 valence electrons. The van der Waals surface area contributed by atoms with E-state index < -0.39 is 0 Å². The summed E-state index contributed by atoms with van der Waals surface area (Å²) >= 11 is 0. The number of nitrogens with one attached hydrogen (secondary N) is 1. The van der Waals surface area contributed by atoms with Gasteiger partial charge in [0.2, 0.25) is 5.91 Å². The third-order valence-electron chi connectivity index (χ3n) is 3.48. The molecule has 18 heavy (non-hydrogen) atoms. The Balaban J connectivity index is 1.68. The van der Waals surface area contributed by atoms with Gasteiger partial charge < -0.3 is 5.32 Å². The molecule has 1 N–H and O–H groups in total. The number of rotatable bonds is 5. The summed E-state index contributed by atoms with van der Waals surface area (Å²) in [6, 6.07) is 8.73. The van der Waals surface area contributed by atoms with Crippen LogP contribution in [-0.2, 0) is 17.8 Å². The molecule has 0 atom stereocenters. The summed E-state index contributed by atoms with van der Waals surface area (Å²) in [7, 11) is 0. The smallest absolute Gasteiger partial charge is 0.216 e. The highest BCUT2D eigenvalue weighted by Gasteiger charge is 2.14. The van der Waals surface area contributed by atoms with Gasteiger partial charge in [0.1, 0.15) is 0 Å². The summed E-state index contributed by atoms with van der Waals surface area (Å²) in [6.45, 7) is 5.75. The SMILES string of the molecule is CC(=O)NCCCCN1CCc2ccccc2C1. The Morgan fingerprint density at radius 1 is 1.28 bits per heavy atom. The predicted molar refractivity (Wildman–Crippen MR) is 73.3 cm³/mol. The van der Waals surface area contributed by atoms with Crippen LogP contribution in [0.1, 0.15) is 30.9 Å². The summed E-state index contributed by atoms with van der Waals surface area (Å²) in [5, 5.41) is 2.84. The molecule has 0 fully saturated rings. The van der Waals surface area contributed by atoms with E-state index in [1.165, 1.54) is 17.5 Å². The number of nitrogens with zero attached hydrogens (tertiary/aromatic N) is 1. The molecule has 1 heterocycles. The van der Waals surface area contributed by atoms with Gasteiger partial charge in [0.25, 0.3) is 0 Å². The van der Waals surface area contributed by atoms with Crippen LogP contribution >= 0.6 is 0 Å². The molecule has 0 spiro atoms. The minimum absolute atomic E-state index is 0.0712. The van der Waals surface area contributed by atoms with Gasteiger partial charge in [-0.2, -0.15) is 0 Å². The Kier molecular flexibility index (Phi) is 4.76. The van der Waals surface area contributed by atoms with Gasteiger partial charge in [-0.15, -0.1) is 0 Å². The van der Waals surface area contributed by atoms with Crippen molar-refractivity contribution in [2.24, 2.45) is 0 Å². The second-order valence-corrected chi connectivity index (χ2v) is 4.98. The minimum Gasteiger partial charge on any atom is -0.356 e. The highest BCUT2D eigenvalue weighted by molar-refractivity contribution is 5.72. The van der Waals surface area contributed by atoms with Gasteiger partial charge in [-0.3, -0.25) is 9.69 Å². The molecule has 0 aromatic heterocycles. The maximum absolute atomic E-state index is 10.7. The minimum atomic E-state index is 0.0712. The number of amides is 1. The molecule has 1 aliphatic heterocycles. The van der Waals surface area contributed by atoms with Crippen molar-refractivity contribution in [3.8, 4) is 0 Å². The normalized spacial score (nSPS) is 15.2. The fourth-order valence-corrected chi connectivity index (χ4v) is 2.47. The predicted octanol–water partition coefficient (Wildman–Crippen LogP) is 1.96. The topological polar surface area (TPSA) is 32.3 Å². The number of hydrogen-bond acceptors (Lipinski definition) is 2. The molecular weight excluding hydrogens is 224 g/mol. The van der Waals surface area contributed by atoms with Gasteiger partial charge in [-0.1, -0.05) is 24.3 Å². The van der Waals surface area contributed by atoms with E-state index in [0.717, 1.165) is 39.0 Å². The zero-order chi connectivity index (χ0) is 12.8. The van der Waals surface area contributed by atoms with Crippen molar-refractivity contribution in [3.63, 3.8) is 0 Å². The molecule has 0 bridgehead atoms. The molecule has 1 amide bonds. The average Bonchev–Trinajstić information content (AvgIpc) is 2.38. The maximum atomic E-state index is 10.7. The van der Waals surface area contributed by atoms with Gasteiger partial charge >= 0.3 is 0 Å². The lowest BCUT2D eigenvalue weighted by atomic mass is 10.00. The largest absolute Gasteiger partial charge is 0.356 e. The van der Waals surface area contributed by atoms with Crippen molar-refractivity contribution >= 4 is 5.91 Å². The van der Waals surface area contributed by atoms with Crippen LogP contribution < -0.4 is 5.32 Å². The first-order chi connectivity index (χ1) is 8.75. The molecule has 0 aliphatic carbocycles. The Morgan fingerprint density at radius 2 is 2.06 bits per heavy atom. The van der Waals surface area contributed by atoms with E-state index in [2.05, 4.69) is 34.5 Å². The average molecular weight is 246 g/mol. The third-order valence-corrected chi connectivity index (χ3v) is 3.48. The fourth-order valence-electron chi connectivity index (χ4n) is 2.47. The molecule has 2 rings (SSSR count). The van der Waals surface area contributed by atoms with E-state index in [9.17, 15) is 4.79 Å². The zero-order valence-corrected chi connectivity index (χ0v) is 11.1. The van der Waals surface area contributed by atoms with Gasteiger partial charge in [0.05, 0.1) is 0 Å². The quantitative estimate of drug-likeness (QED) is 0.806. The summed E-state index contributed by atoms with van der Waals surface area (Å²) in [5.74, 6) is 0.0712.